The van der Waals surface area contributed by atoms with Crippen LogP contribution in [0.2, 0.25) is 0 Å². The lowest BCUT2D eigenvalue weighted by Gasteiger charge is -2.18. The van der Waals surface area contributed by atoms with E-state index in [0.29, 0.717) is 5.41 Å². The third kappa shape index (κ3) is 3.01. The second kappa shape index (κ2) is 4.48. The lowest BCUT2D eigenvalue weighted by Crippen LogP contribution is -2.12. The summed E-state index contributed by atoms with van der Waals surface area (Å²) in [6.45, 7) is 7.94. The van der Waals surface area contributed by atoms with E-state index in [1.54, 1.807) is 11.1 Å². The van der Waals surface area contributed by atoms with Gasteiger partial charge in [-0.15, -0.1) is 0 Å². The molecule has 1 aliphatic carbocycles. The molecule has 1 N–H and O–H groups in total. The molecule has 0 radical (unpaired) electrons. The molecule has 16 heavy (non-hydrogen) atoms. The van der Waals surface area contributed by atoms with Gasteiger partial charge in [0.15, 0.2) is 0 Å². The number of rotatable bonds is 3. The van der Waals surface area contributed by atoms with E-state index in [1.807, 2.05) is 0 Å². The lowest BCUT2D eigenvalue weighted by atomic mass is 9.92. The van der Waals surface area contributed by atoms with E-state index in [1.165, 1.54) is 31.4 Å². The van der Waals surface area contributed by atoms with Gasteiger partial charge in [-0.05, 0) is 54.4 Å². The molecule has 0 atom stereocenters. The van der Waals surface area contributed by atoms with Crippen LogP contribution in [0, 0.1) is 5.41 Å². The zero-order chi connectivity index (χ0) is 11.6. The Labute approximate surface area is 99.3 Å². The molecule has 0 saturated carbocycles. The largest absolute Gasteiger partial charge is 0.385 e. The van der Waals surface area contributed by atoms with Crippen molar-refractivity contribution < 1.29 is 0 Å². The molecule has 0 amide bonds. The molecule has 1 heteroatoms. The predicted molar refractivity (Wildman–Crippen MR) is 71.0 cm³/mol. The minimum absolute atomic E-state index is 0.420. The molecule has 0 fully saturated rings. The van der Waals surface area contributed by atoms with E-state index in [-0.39, 0.29) is 0 Å². The van der Waals surface area contributed by atoms with Crippen LogP contribution in [0.1, 0.15) is 44.7 Å². The molecule has 0 saturated heterocycles. The predicted octanol–water partition coefficient (Wildman–Crippen LogP) is 4.02. The monoisotopic (exact) mass is 217 g/mol. The zero-order valence-electron chi connectivity index (χ0n) is 10.8. The Hall–Kier alpha value is -0.980. The Bertz CT molecular complexity index is 360. The van der Waals surface area contributed by atoms with Crippen molar-refractivity contribution in [2.45, 2.75) is 46.5 Å². The first-order chi connectivity index (χ1) is 7.54. The zero-order valence-corrected chi connectivity index (χ0v) is 10.8. The van der Waals surface area contributed by atoms with Crippen molar-refractivity contribution in [1.82, 2.24) is 0 Å². The molecule has 0 bridgehead atoms. The van der Waals surface area contributed by atoms with E-state index in [9.17, 15) is 0 Å². The van der Waals surface area contributed by atoms with Gasteiger partial charge in [-0.3, -0.25) is 0 Å². The first-order valence-corrected chi connectivity index (χ1v) is 6.40. The van der Waals surface area contributed by atoms with Gasteiger partial charge in [-0.25, -0.2) is 0 Å². The second-order valence-electron chi connectivity index (χ2n) is 6.07. The first-order valence-electron chi connectivity index (χ1n) is 6.40. The maximum atomic E-state index is 3.53. The molecule has 1 aromatic rings. The summed E-state index contributed by atoms with van der Waals surface area (Å²) in [6.07, 6.45) is 5.09. The van der Waals surface area contributed by atoms with Gasteiger partial charge >= 0.3 is 0 Å². The minimum atomic E-state index is 0.420. The molecule has 2 rings (SSSR count). The maximum Gasteiger partial charge on any atom is 0.0343 e. The van der Waals surface area contributed by atoms with Crippen LogP contribution in [-0.4, -0.2) is 6.54 Å². The van der Waals surface area contributed by atoms with Crippen molar-refractivity contribution in [3.8, 4) is 0 Å². The van der Waals surface area contributed by atoms with Gasteiger partial charge in [0.1, 0.15) is 0 Å². The topological polar surface area (TPSA) is 12.0 Å². The van der Waals surface area contributed by atoms with Gasteiger partial charge in [0.05, 0.1) is 0 Å². The molecule has 1 aromatic carbocycles. The van der Waals surface area contributed by atoms with E-state index < -0.39 is 0 Å². The number of hydrogen-bond donors (Lipinski definition) is 1. The fraction of sp³-hybridized carbons (Fsp3) is 0.600. The van der Waals surface area contributed by atoms with E-state index in [0.717, 1.165) is 6.54 Å². The first kappa shape index (κ1) is 11.5. The van der Waals surface area contributed by atoms with Crippen LogP contribution in [0.15, 0.2) is 18.2 Å². The smallest absolute Gasteiger partial charge is 0.0343 e. The van der Waals surface area contributed by atoms with E-state index in [2.05, 4.69) is 44.3 Å². The molecule has 1 aliphatic rings. The standard InChI is InChI=1S/C15H23N/c1-15(2,3)9-10-16-14-8-7-12-5-4-6-13(12)11-14/h7-8,11,16H,4-6,9-10H2,1-3H3. The van der Waals surface area contributed by atoms with Crippen LogP contribution in [0.25, 0.3) is 0 Å². The number of fused-ring (bicyclic) bond motifs is 1. The maximum absolute atomic E-state index is 3.53. The summed E-state index contributed by atoms with van der Waals surface area (Å²) >= 11 is 0. The van der Waals surface area contributed by atoms with Crippen LogP contribution < -0.4 is 5.32 Å². The van der Waals surface area contributed by atoms with Crippen LogP contribution in [0.4, 0.5) is 5.69 Å². The Balaban J connectivity index is 1.91. The van der Waals surface area contributed by atoms with Crippen LogP contribution in [-0.2, 0) is 12.8 Å². The van der Waals surface area contributed by atoms with E-state index in [4.69, 9.17) is 0 Å². The third-order valence-corrected chi connectivity index (χ3v) is 3.30. The highest BCUT2D eigenvalue weighted by Gasteiger charge is 2.11. The van der Waals surface area contributed by atoms with Crippen LogP contribution in [0.5, 0.6) is 0 Å². The van der Waals surface area contributed by atoms with Gasteiger partial charge in [0.2, 0.25) is 0 Å². The molecular weight excluding hydrogens is 194 g/mol. The summed E-state index contributed by atoms with van der Waals surface area (Å²) in [7, 11) is 0. The Morgan fingerprint density at radius 2 is 1.88 bits per heavy atom. The number of hydrogen-bond acceptors (Lipinski definition) is 1. The van der Waals surface area contributed by atoms with Gasteiger partial charge in [0, 0.05) is 12.2 Å². The Morgan fingerprint density at radius 3 is 2.62 bits per heavy atom. The molecule has 0 unspecified atom stereocenters. The van der Waals surface area contributed by atoms with Crippen molar-refractivity contribution in [3.05, 3.63) is 29.3 Å². The summed E-state index contributed by atoms with van der Waals surface area (Å²) in [4.78, 5) is 0. The highest BCUT2D eigenvalue weighted by Crippen LogP contribution is 2.25. The van der Waals surface area contributed by atoms with E-state index >= 15 is 0 Å². The molecular formula is C15H23N. The van der Waals surface area contributed by atoms with Crippen LogP contribution in [0.3, 0.4) is 0 Å². The highest BCUT2D eigenvalue weighted by molar-refractivity contribution is 5.50. The fourth-order valence-corrected chi connectivity index (χ4v) is 2.26. The summed E-state index contributed by atoms with van der Waals surface area (Å²) < 4.78 is 0. The Morgan fingerprint density at radius 1 is 1.12 bits per heavy atom. The second-order valence-corrected chi connectivity index (χ2v) is 6.07. The number of benzene rings is 1. The summed E-state index contributed by atoms with van der Waals surface area (Å²) in [5.41, 5.74) is 4.83. The number of anilines is 1. The minimum Gasteiger partial charge on any atom is -0.385 e. The molecule has 88 valence electrons. The summed E-state index contributed by atoms with van der Waals surface area (Å²) in [5, 5.41) is 3.53. The third-order valence-electron chi connectivity index (χ3n) is 3.30. The van der Waals surface area contributed by atoms with Crippen molar-refractivity contribution in [3.63, 3.8) is 0 Å². The Kier molecular flexibility index (Phi) is 3.22. The van der Waals surface area contributed by atoms with Crippen molar-refractivity contribution >= 4 is 5.69 Å². The van der Waals surface area contributed by atoms with Gasteiger partial charge in [-0.1, -0.05) is 26.8 Å². The van der Waals surface area contributed by atoms with Crippen molar-refractivity contribution in [2.24, 2.45) is 5.41 Å². The average molecular weight is 217 g/mol. The fourth-order valence-electron chi connectivity index (χ4n) is 2.26. The SMILES string of the molecule is CC(C)(C)CCNc1ccc2c(c1)CCC2. The van der Waals surface area contributed by atoms with Crippen molar-refractivity contribution in [2.75, 3.05) is 11.9 Å². The molecule has 0 aromatic heterocycles. The number of aryl methyl sites for hydroxylation is 2. The highest BCUT2D eigenvalue weighted by atomic mass is 14.9. The van der Waals surface area contributed by atoms with Gasteiger partial charge < -0.3 is 5.32 Å². The molecule has 0 spiro atoms. The quantitative estimate of drug-likeness (QED) is 0.806. The summed E-state index contributed by atoms with van der Waals surface area (Å²) in [5.74, 6) is 0. The normalized spacial score (nSPS) is 14.9. The molecule has 0 heterocycles. The van der Waals surface area contributed by atoms with Crippen LogP contribution >= 0.6 is 0 Å². The van der Waals surface area contributed by atoms with Crippen molar-refractivity contribution in [1.29, 1.82) is 0 Å². The van der Waals surface area contributed by atoms with Gasteiger partial charge in [-0.2, -0.15) is 0 Å². The lowest BCUT2D eigenvalue weighted by molar-refractivity contribution is 0.390. The summed E-state index contributed by atoms with van der Waals surface area (Å²) in [6, 6.07) is 6.86. The molecule has 0 aliphatic heterocycles. The molecule has 1 nitrogen and oxygen atoms in total. The number of nitrogens with one attached hydrogen (secondary N) is 1. The average Bonchev–Trinajstić information content (AvgIpc) is 2.62. The van der Waals surface area contributed by atoms with Gasteiger partial charge in [0.25, 0.3) is 0 Å².